The van der Waals surface area contributed by atoms with E-state index in [1.54, 1.807) is 12.1 Å². The number of aliphatic imine (C=N–C) groups is 1. The van der Waals surface area contributed by atoms with Crippen molar-refractivity contribution in [2.24, 2.45) is 4.99 Å². The van der Waals surface area contributed by atoms with Gasteiger partial charge in [0.1, 0.15) is 12.2 Å². The van der Waals surface area contributed by atoms with Gasteiger partial charge in [-0.15, -0.1) is 0 Å². The Morgan fingerprint density at radius 2 is 2.07 bits per heavy atom. The molecule has 0 aliphatic carbocycles. The zero-order chi connectivity index (χ0) is 19.9. The summed E-state index contributed by atoms with van der Waals surface area (Å²) in [4.78, 5) is 8.61. The molecule has 0 unspecified atom stereocenters. The molecule has 0 saturated heterocycles. The van der Waals surface area contributed by atoms with Crippen LogP contribution in [0.1, 0.15) is 12.6 Å². The van der Waals surface area contributed by atoms with Crippen molar-refractivity contribution in [2.75, 3.05) is 27.7 Å². The van der Waals surface area contributed by atoms with E-state index in [2.05, 4.69) is 25.2 Å². The lowest BCUT2D eigenvalue weighted by atomic mass is 10.2. The molecule has 10 heteroatoms. The van der Waals surface area contributed by atoms with Crippen LogP contribution < -0.4 is 19.8 Å². The van der Waals surface area contributed by atoms with Gasteiger partial charge in [-0.3, -0.25) is 15.1 Å². The van der Waals surface area contributed by atoms with Crippen molar-refractivity contribution in [3.8, 4) is 0 Å². The molecular weight excluding hydrogens is 378 g/mol. The lowest BCUT2D eigenvalue weighted by molar-refractivity contribution is 0.607. The van der Waals surface area contributed by atoms with Crippen LogP contribution in [0.25, 0.3) is 0 Å². The normalized spacial score (nSPS) is 17.0. The summed E-state index contributed by atoms with van der Waals surface area (Å²) in [6.07, 6.45) is 5.05. The van der Waals surface area contributed by atoms with Crippen LogP contribution in [-0.2, 0) is 10.0 Å². The third-order valence-corrected chi connectivity index (χ3v) is 4.80. The molecule has 4 rings (SSSR count). The first kappa shape index (κ1) is 18.3. The first-order chi connectivity index (χ1) is 13.3. The summed E-state index contributed by atoms with van der Waals surface area (Å²) in [7, 11) is -3.34. The van der Waals surface area contributed by atoms with Crippen LogP contribution in [0.3, 0.4) is 0 Å². The summed E-state index contributed by atoms with van der Waals surface area (Å²) < 4.78 is 25.6. The SMILES string of the molecule is CC1=C[N+]2C(Nc3cc(C)[nH]n3)=CN(c3cccc(NS(C)(=O)=O)c3)CC2=N1. The lowest BCUT2D eigenvalue weighted by Crippen LogP contribution is -2.45. The quantitative estimate of drug-likeness (QED) is 0.668. The van der Waals surface area contributed by atoms with Crippen molar-refractivity contribution in [1.29, 1.82) is 0 Å². The zero-order valence-electron chi connectivity index (χ0n) is 15.8. The molecule has 145 valence electrons. The Morgan fingerprint density at radius 3 is 2.79 bits per heavy atom. The second-order valence-electron chi connectivity index (χ2n) is 6.80. The Kier molecular flexibility index (Phi) is 4.44. The first-order valence-corrected chi connectivity index (χ1v) is 10.6. The zero-order valence-corrected chi connectivity index (χ0v) is 16.6. The molecule has 3 N–H and O–H groups in total. The van der Waals surface area contributed by atoms with Gasteiger partial charge in [-0.1, -0.05) is 6.07 Å². The van der Waals surface area contributed by atoms with Gasteiger partial charge in [-0.25, -0.2) is 8.42 Å². The highest BCUT2D eigenvalue weighted by Crippen LogP contribution is 2.27. The average Bonchev–Trinajstić information content (AvgIpc) is 3.18. The highest BCUT2D eigenvalue weighted by Gasteiger charge is 2.39. The second-order valence-corrected chi connectivity index (χ2v) is 8.54. The monoisotopic (exact) mass is 399 g/mol. The summed E-state index contributed by atoms with van der Waals surface area (Å²) in [6, 6.07) is 9.16. The number of sulfonamides is 1. The van der Waals surface area contributed by atoms with E-state index in [0.717, 1.165) is 35.0 Å². The fourth-order valence-corrected chi connectivity index (χ4v) is 3.66. The molecule has 0 saturated carbocycles. The minimum atomic E-state index is -3.34. The number of nitrogens with zero attached hydrogens (tertiary/aromatic N) is 4. The molecule has 1 radical (unpaired) electrons. The van der Waals surface area contributed by atoms with Gasteiger partial charge < -0.3 is 4.90 Å². The van der Waals surface area contributed by atoms with Crippen LogP contribution in [0.15, 0.2) is 59.2 Å². The predicted molar refractivity (Wildman–Crippen MR) is 111 cm³/mol. The molecule has 0 atom stereocenters. The minimum Gasteiger partial charge on any atom is -0.329 e. The standard InChI is InChI=1S/C18H21N7O2S/c1-12-7-16(22-21-12)20-18-11-24(10-17-19-13(2)9-25(17)18)15-6-4-5-14(8-15)23-28(3,26)27/h4-9,11,23H,10H2,1-3H3,(H2,20,21,22)/q+1. The molecule has 1 aromatic heterocycles. The smallest absolute Gasteiger partial charge is 0.284 e. The van der Waals surface area contributed by atoms with Crippen molar-refractivity contribution in [2.45, 2.75) is 13.8 Å². The van der Waals surface area contributed by atoms with E-state index in [1.807, 2.05) is 54.2 Å². The molecule has 0 spiro atoms. The number of amidine groups is 1. The number of fused-ring (bicyclic) bond motifs is 1. The van der Waals surface area contributed by atoms with E-state index in [9.17, 15) is 8.42 Å². The summed E-state index contributed by atoms with van der Waals surface area (Å²) in [6.45, 7) is 4.44. The number of aromatic nitrogens is 2. The van der Waals surface area contributed by atoms with E-state index in [4.69, 9.17) is 0 Å². The Morgan fingerprint density at radius 1 is 1.25 bits per heavy atom. The minimum absolute atomic E-state index is 0.510. The van der Waals surface area contributed by atoms with Gasteiger partial charge in [-0.2, -0.15) is 10.1 Å². The summed E-state index contributed by atoms with van der Waals surface area (Å²) in [5.41, 5.74) is 3.22. The third kappa shape index (κ3) is 3.92. The van der Waals surface area contributed by atoms with E-state index >= 15 is 0 Å². The van der Waals surface area contributed by atoms with Crippen molar-refractivity contribution in [3.63, 3.8) is 0 Å². The van der Waals surface area contributed by atoms with Gasteiger partial charge in [-0.05, 0) is 36.9 Å². The molecule has 3 heterocycles. The van der Waals surface area contributed by atoms with E-state index in [0.29, 0.717) is 18.1 Å². The van der Waals surface area contributed by atoms with Crippen molar-refractivity contribution in [1.82, 2.24) is 15.1 Å². The van der Waals surface area contributed by atoms with Crippen molar-refractivity contribution < 1.29 is 8.42 Å². The lowest BCUT2D eigenvalue weighted by Gasteiger charge is -2.25. The molecule has 0 bridgehead atoms. The molecule has 2 aliphatic heterocycles. The predicted octanol–water partition coefficient (Wildman–Crippen LogP) is 2.23. The Bertz CT molecular complexity index is 1110. The van der Waals surface area contributed by atoms with Crippen LogP contribution >= 0.6 is 0 Å². The molecule has 9 nitrogen and oxygen atoms in total. The number of anilines is 3. The number of benzene rings is 1. The Labute approximate surface area is 163 Å². The van der Waals surface area contributed by atoms with Crippen LogP contribution in [0.4, 0.5) is 17.2 Å². The van der Waals surface area contributed by atoms with Crippen LogP contribution in [0.2, 0.25) is 0 Å². The van der Waals surface area contributed by atoms with E-state index in [-0.39, 0.29) is 0 Å². The van der Waals surface area contributed by atoms with Gasteiger partial charge in [0.05, 0.1) is 18.1 Å². The second kappa shape index (κ2) is 6.80. The number of aryl methyl sites for hydroxylation is 1. The highest BCUT2D eigenvalue weighted by atomic mass is 32.2. The number of rotatable bonds is 5. The molecule has 0 amide bonds. The maximum Gasteiger partial charge on any atom is 0.284 e. The highest BCUT2D eigenvalue weighted by molar-refractivity contribution is 7.92. The summed E-state index contributed by atoms with van der Waals surface area (Å²) >= 11 is 0. The topological polar surface area (TPSA) is 108 Å². The maximum atomic E-state index is 11.5. The van der Waals surface area contributed by atoms with Crippen LogP contribution in [0, 0.1) is 6.92 Å². The van der Waals surface area contributed by atoms with Gasteiger partial charge in [0, 0.05) is 17.4 Å². The van der Waals surface area contributed by atoms with Crippen molar-refractivity contribution in [3.05, 3.63) is 59.9 Å². The number of hydrogen-bond donors (Lipinski definition) is 3. The number of H-pyrrole nitrogens is 1. The molecule has 0 fully saturated rings. The molecule has 2 aromatic rings. The van der Waals surface area contributed by atoms with Crippen molar-refractivity contribution >= 4 is 33.1 Å². The molecule has 1 aromatic carbocycles. The van der Waals surface area contributed by atoms with Gasteiger partial charge >= 0.3 is 0 Å². The number of hydrogen-bond acceptors (Lipinski definition) is 7. The summed E-state index contributed by atoms with van der Waals surface area (Å²) in [5.74, 6) is 2.38. The Balaban J connectivity index is 1.67. The Hall–Kier alpha value is -3.11. The first-order valence-electron chi connectivity index (χ1n) is 8.67. The van der Waals surface area contributed by atoms with Gasteiger partial charge in [0.25, 0.3) is 11.7 Å². The molecule has 2 aliphatic rings. The molecule has 28 heavy (non-hydrogen) atoms. The largest absolute Gasteiger partial charge is 0.329 e. The fraction of sp³-hybridized carbons (Fsp3) is 0.222. The van der Waals surface area contributed by atoms with E-state index in [1.165, 1.54) is 0 Å². The maximum absolute atomic E-state index is 11.5. The van der Waals surface area contributed by atoms with Crippen LogP contribution in [0.5, 0.6) is 0 Å². The van der Waals surface area contributed by atoms with Gasteiger partial charge in [0.2, 0.25) is 10.0 Å². The fourth-order valence-electron chi connectivity index (χ4n) is 3.11. The molecular formula is C18H21N7O2S+. The van der Waals surface area contributed by atoms with Crippen LogP contribution in [-0.4, -0.2) is 37.3 Å². The summed E-state index contributed by atoms with van der Waals surface area (Å²) in [5, 5.41) is 10.5. The van der Waals surface area contributed by atoms with Gasteiger partial charge in [0.15, 0.2) is 12.0 Å². The third-order valence-electron chi connectivity index (χ3n) is 4.19. The number of allylic oxidation sites excluding steroid dienone is 1. The average molecular weight is 399 g/mol. The number of aromatic amines is 1. The number of nitrogens with one attached hydrogen (secondary N) is 3. The van der Waals surface area contributed by atoms with E-state index < -0.39 is 10.0 Å².